The molecule has 0 radical (unpaired) electrons. The SMILES string of the molecule is CCc1ccc(C(C(=O)NCC(=O)OC)N(C(=O)C(Cc2ccccc2)NC(=O)OC(C)(C)C)C(C)CC)cc1. The first-order valence-electron chi connectivity index (χ1n) is 13.7. The van der Waals surface area contributed by atoms with Crippen molar-refractivity contribution in [2.75, 3.05) is 13.7 Å². The summed E-state index contributed by atoms with van der Waals surface area (Å²) >= 11 is 0. The fourth-order valence-electron chi connectivity index (χ4n) is 4.18. The molecule has 0 saturated carbocycles. The molecule has 0 aliphatic rings. The summed E-state index contributed by atoms with van der Waals surface area (Å²) < 4.78 is 10.2. The van der Waals surface area contributed by atoms with Gasteiger partial charge in [-0.2, -0.15) is 0 Å². The number of ether oxygens (including phenoxy) is 2. The van der Waals surface area contributed by atoms with Crippen molar-refractivity contribution in [3.63, 3.8) is 0 Å². The Morgan fingerprint density at radius 1 is 0.925 bits per heavy atom. The van der Waals surface area contributed by atoms with Gasteiger partial charge in [-0.1, -0.05) is 68.4 Å². The van der Waals surface area contributed by atoms with Crippen LogP contribution in [0.25, 0.3) is 0 Å². The molecule has 2 aromatic rings. The van der Waals surface area contributed by atoms with Gasteiger partial charge < -0.3 is 25.0 Å². The van der Waals surface area contributed by atoms with Crippen molar-refractivity contribution in [2.45, 2.75) is 84.5 Å². The van der Waals surface area contributed by atoms with E-state index in [1.54, 1.807) is 20.8 Å². The smallest absolute Gasteiger partial charge is 0.408 e. The molecule has 0 fully saturated rings. The lowest BCUT2D eigenvalue weighted by atomic mass is 9.97. The van der Waals surface area contributed by atoms with E-state index < -0.39 is 41.6 Å². The monoisotopic (exact) mass is 553 g/mol. The zero-order valence-electron chi connectivity index (χ0n) is 24.7. The molecule has 3 amide bonds. The number of amides is 3. The molecule has 3 unspecified atom stereocenters. The maximum absolute atomic E-state index is 14.4. The van der Waals surface area contributed by atoms with E-state index in [2.05, 4.69) is 15.4 Å². The highest BCUT2D eigenvalue weighted by Gasteiger charge is 2.38. The van der Waals surface area contributed by atoms with E-state index in [0.717, 1.165) is 17.5 Å². The minimum absolute atomic E-state index is 0.192. The summed E-state index contributed by atoms with van der Waals surface area (Å²) in [5.41, 5.74) is 1.73. The van der Waals surface area contributed by atoms with Crippen molar-refractivity contribution in [2.24, 2.45) is 0 Å². The molecule has 0 heterocycles. The average molecular weight is 554 g/mol. The summed E-state index contributed by atoms with van der Waals surface area (Å²) in [6, 6.07) is 14.3. The number of carbonyl (C=O) groups excluding carboxylic acids is 4. The van der Waals surface area contributed by atoms with E-state index in [4.69, 9.17) is 4.74 Å². The zero-order chi connectivity index (χ0) is 29.9. The predicted molar refractivity (Wildman–Crippen MR) is 153 cm³/mol. The molecule has 0 aliphatic carbocycles. The van der Waals surface area contributed by atoms with Crippen LogP contribution < -0.4 is 10.6 Å². The first-order valence-corrected chi connectivity index (χ1v) is 13.7. The van der Waals surface area contributed by atoms with E-state index in [1.165, 1.54) is 12.0 Å². The number of benzene rings is 2. The molecular formula is C31H43N3O6. The van der Waals surface area contributed by atoms with Gasteiger partial charge in [0.1, 0.15) is 24.2 Å². The van der Waals surface area contributed by atoms with Crippen LogP contribution in [0, 0.1) is 0 Å². The van der Waals surface area contributed by atoms with E-state index in [-0.39, 0.29) is 19.0 Å². The van der Waals surface area contributed by atoms with E-state index in [9.17, 15) is 19.2 Å². The van der Waals surface area contributed by atoms with Gasteiger partial charge in [-0.25, -0.2) is 4.79 Å². The van der Waals surface area contributed by atoms with Gasteiger partial charge in [0.05, 0.1) is 7.11 Å². The highest BCUT2D eigenvalue weighted by molar-refractivity contribution is 5.93. The Morgan fingerprint density at radius 2 is 1.55 bits per heavy atom. The third-order valence-corrected chi connectivity index (χ3v) is 6.46. The molecule has 9 heteroatoms. The number of aryl methyl sites for hydroxylation is 1. The minimum Gasteiger partial charge on any atom is -0.468 e. The minimum atomic E-state index is -1.06. The molecule has 2 rings (SSSR count). The maximum Gasteiger partial charge on any atom is 0.408 e. The second kappa shape index (κ2) is 15.1. The van der Waals surface area contributed by atoms with Gasteiger partial charge in [-0.3, -0.25) is 14.4 Å². The summed E-state index contributed by atoms with van der Waals surface area (Å²) in [6.07, 6.45) is 0.818. The van der Waals surface area contributed by atoms with Crippen LogP contribution in [-0.2, 0) is 36.7 Å². The van der Waals surface area contributed by atoms with Gasteiger partial charge in [0.15, 0.2) is 0 Å². The normalized spacial score (nSPS) is 13.4. The Bertz CT molecular complexity index is 1130. The zero-order valence-corrected chi connectivity index (χ0v) is 24.7. The van der Waals surface area contributed by atoms with Gasteiger partial charge in [0.2, 0.25) is 11.8 Å². The van der Waals surface area contributed by atoms with Crippen LogP contribution in [0.1, 0.15) is 70.7 Å². The summed E-state index contributed by atoms with van der Waals surface area (Å²) in [5, 5.41) is 5.36. The van der Waals surface area contributed by atoms with Crippen LogP contribution in [0.15, 0.2) is 54.6 Å². The molecular weight excluding hydrogens is 510 g/mol. The van der Waals surface area contributed by atoms with Crippen LogP contribution in [0.3, 0.4) is 0 Å². The predicted octanol–water partition coefficient (Wildman–Crippen LogP) is 4.34. The number of nitrogens with one attached hydrogen (secondary N) is 2. The molecule has 2 N–H and O–H groups in total. The summed E-state index contributed by atoms with van der Waals surface area (Å²) in [4.78, 5) is 54.2. The molecule has 218 valence electrons. The van der Waals surface area contributed by atoms with Crippen LogP contribution >= 0.6 is 0 Å². The van der Waals surface area contributed by atoms with E-state index in [1.807, 2.05) is 75.4 Å². The lowest BCUT2D eigenvalue weighted by Crippen LogP contribution is -2.56. The van der Waals surface area contributed by atoms with Gasteiger partial charge in [0.25, 0.3) is 0 Å². The second-order valence-electron chi connectivity index (χ2n) is 10.7. The van der Waals surface area contributed by atoms with Gasteiger partial charge in [-0.15, -0.1) is 0 Å². The molecule has 0 saturated heterocycles. The molecule has 0 spiro atoms. The average Bonchev–Trinajstić information content (AvgIpc) is 2.92. The number of carbonyl (C=O) groups is 4. The Hall–Kier alpha value is -3.88. The van der Waals surface area contributed by atoms with Gasteiger partial charge in [0, 0.05) is 12.5 Å². The van der Waals surface area contributed by atoms with E-state index in [0.29, 0.717) is 12.0 Å². The highest BCUT2D eigenvalue weighted by atomic mass is 16.6. The summed E-state index contributed by atoms with van der Waals surface area (Å²) in [7, 11) is 1.24. The quantitative estimate of drug-likeness (QED) is 0.378. The number of rotatable bonds is 12. The Labute approximate surface area is 237 Å². The lowest BCUT2D eigenvalue weighted by Gasteiger charge is -2.38. The first-order chi connectivity index (χ1) is 18.9. The number of nitrogens with zero attached hydrogens (tertiary/aromatic N) is 1. The fraction of sp³-hybridized carbons (Fsp3) is 0.484. The van der Waals surface area contributed by atoms with Crippen LogP contribution in [0.2, 0.25) is 0 Å². The number of methoxy groups -OCH3 is 1. The standard InChI is InChI=1S/C31H43N3O6/c1-8-21(3)34(27(28(36)32-20-26(35)39-7)24-17-15-22(9-2)16-18-24)29(37)25(19-23-13-11-10-12-14-23)33-30(38)40-31(4,5)6/h10-18,21,25,27H,8-9,19-20H2,1-7H3,(H,32,36)(H,33,38). The number of alkyl carbamates (subject to hydrolysis) is 1. The lowest BCUT2D eigenvalue weighted by molar-refractivity contribution is -0.146. The van der Waals surface area contributed by atoms with Gasteiger partial charge in [-0.05, 0) is 57.2 Å². The van der Waals surface area contributed by atoms with Crippen molar-refractivity contribution in [3.8, 4) is 0 Å². The molecule has 0 bridgehead atoms. The van der Waals surface area contributed by atoms with Crippen molar-refractivity contribution < 1.29 is 28.7 Å². The third-order valence-electron chi connectivity index (χ3n) is 6.46. The Balaban J connectivity index is 2.57. The summed E-state index contributed by atoms with van der Waals surface area (Å²) in [5.74, 6) is -1.58. The molecule has 9 nitrogen and oxygen atoms in total. The number of hydrogen-bond acceptors (Lipinski definition) is 6. The molecule has 0 aromatic heterocycles. The highest BCUT2D eigenvalue weighted by Crippen LogP contribution is 2.27. The van der Waals surface area contributed by atoms with Crippen molar-refractivity contribution in [3.05, 3.63) is 71.3 Å². The van der Waals surface area contributed by atoms with Crippen LogP contribution in [0.5, 0.6) is 0 Å². The van der Waals surface area contributed by atoms with Gasteiger partial charge >= 0.3 is 12.1 Å². The third kappa shape index (κ3) is 9.70. The molecule has 40 heavy (non-hydrogen) atoms. The van der Waals surface area contributed by atoms with Crippen LogP contribution in [0.4, 0.5) is 4.79 Å². The molecule has 3 atom stereocenters. The van der Waals surface area contributed by atoms with Crippen molar-refractivity contribution in [1.29, 1.82) is 0 Å². The second-order valence-corrected chi connectivity index (χ2v) is 10.7. The molecule has 0 aliphatic heterocycles. The number of esters is 1. The number of hydrogen-bond donors (Lipinski definition) is 2. The first kappa shape index (κ1) is 32.3. The Kier molecular flexibility index (Phi) is 12.2. The fourth-order valence-corrected chi connectivity index (χ4v) is 4.18. The molecule has 2 aromatic carbocycles. The van der Waals surface area contributed by atoms with Crippen molar-refractivity contribution in [1.82, 2.24) is 15.5 Å². The van der Waals surface area contributed by atoms with Crippen molar-refractivity contribution >= 4 is 23.9 Å². The topological polar surface area (TPSA) is 114 Å². The largest absolute Gasteiger partial charge is 0.468 e. The maximum atomic E-state index is 14.4. The van der Waals surface area contributed by atoms with E-state index >= 15 is 0 Å². The van der Waals surface area contributed by atoms with Crippen LogP contribution in [-0.4, -0.2) is 60.1 Å². The Morgan fingerprint density at radius 3 is 2.08 bits per heavy atom. The summed E-state index contributed by atoms with van der Waals surface area (Å²) in [6.45, 7) is 10.7.